The fraction of sp³-hybridized carbons (Fsp3) is 0.421. The second-order valence-corrected chi connectivity index (χ2v) is 6.96. The number of rotatable bonds is 8. The normalized spacial score (nSPS) is 11.4. The number of aromatic amines is 1. The number of hydrogen-bond acceptors (Lipinski definition) is 6. The van der Waals surface area contributed by atoms with Crippen molar-refractivity contribution < 1.29 is 0 Å². The van der Waals surface area contributed by atoms with Crippen LogP contribution in [0.15, 0.2) is 21.7 Å². The molecule has 0 unspecified atom stereocenters. The van der Waals surface area contributed by atoms with E-state index in [0.717, 1.165) is 36.0 Å². The number of nitrogens with one attached hydrogen (secondary N) is 3. The van der Waals surface area contributed by atoms with Crippen molar-refractivity contribution in [3.8, 4) is 11.5 Å². The second kappa shape index (κ2) is 8.30. The van der Waals surface area contributed by atoms with Crippen LogP contribution in [0.3, 0.4) is 0 Å². The van der Waals surface area contributed by atoms with Crippen molar-refractivity contribution in [3.05, 3.63) is 44.1 Å². The number of nitrogens with zero attached hydrogens (tertiary/aromatic N) is 3. The molecule has 1 aromatic rings. The number of aromatic nitrogens is 4. The summed E-state index contributed by atoms with van der Waals surface area (Å²) in [4.78, 5) is 34.6. The summed E-state index contributed by atoms with van der Waals surface area (Å²) < 4.78 is 1.88. The molecule has 9 heteroatoms. The van der Waals surface area contributed by atoms with E-state index in [2.05, 4.69) is 20.3 Å². The molecule has 2 aliphatic rings. The lowest BCUT2D eigenvalue weighted by atomic mass is 10.1. The number of benzene rings is 1. The molecule has 0 saturated heterocycles. The van der Waals surface area contributed by atoms with E-state index in [1.54, 1.807) is 0 Å². The Morgan fingerprint density at radius 3 is 2.68 bits per heavy atom. The number of hydrogen-bond donors (Lipinski definition) is 4. The lowest BCUT2D eigenvalue weighted by Gasteiger charge is -2.18. The van der Waals surface area contributed by atoms with Crippen LogP contribution in [0.2, 0.25) is 0 Å². The van der Waals surface area contributed by atoms with E-state index in [0.29, 0.717) is 30.9 Å². The molecule has 2 aliphatic heterocycles. The summed E-state index contributed by atoms with van der Waals surface area (Å²) in [6, 6.07) is 3.96. The Labute approximate surface area is 161 Å². The highest BCUT2D eigenvalue weighted by molar-refractivity contribution is 5.81. The molecule has 0 fully saturated rings. The topological polar surface area (TPSA) is 143 Å². The summed E-state index contributed by atoms with van der Waals surface area (Å²) in [6.07, 6.45) is 2.39. The van der Waals surface area contributed by atoms with Crippen molar-refractivity contribution in [1.82, 2.24) is 24.8 Å². The Morgan fingerprint density at radius 2 is 1.93 bits per heavy atom. The van der Waals surface area contributed by atoms with Gasteiger partial charge in [-0.1, -0.05) is 0 Å². The summed E-state index contributed by atoms with van der Waals surface area (Å²) in [7, 11) is 0. The number of fused-ring (bicyclic) bond motifs is 2. The van der Waals surface area contributed by atoms with Gasteiger partial charge in [0.1, 0.15) is 0 Å². The Balaban J connectivity index is 1.90. The SMILES string of the molecule is Cc1cc2nc3c(=O)[nH]c(=O)nc-3n(CCNCCCCC(=N)N)c2cc1C. The van der Waals surface area contributed by atoms with Crippen LogP contribution in [0.4, 0.5) is 0 Å². The van der Waals surface area contributed by atoms with Gasteiger partial charge in [-0.2, -0.15) is 4.98 Å². The highest BCUT2D eigenvalue weighted by Gasteiger charge is 2.18. The molecule has 0 bridgehead atoms. The van der Waals surface area contributed by atoms with E-state index >= 15 is 0 Å². The first-order chi connectivity index (χ1) is 13.4. The molecule has 0 aromatic heterocycles. The third-order valence-electron chi connectivity index (χ3n) is 4.79. The van der Waals surface area contributed by atoms with Gasteiger partial charge in [-0.05, 0) is 56.5 Å². The largest absolute Gasteiger partial charge is 0.388 e. The molecule has 0 radical (unpaired) electrons. The molecule has 0 aliphatic carbocycles. The molecular weight excluding hydrogens is 358 g/mol. The number of amidine groups is 1. The molecule has 9 nitrogen and oxygen atoms in total. The molecule has 0 amide bonds. The summed E-state index contributed by atoms with van der Waals surface area (Å²) in [5.41, 5.74) is 8.04. The van der Waals surface area contributed by atoms with Crippen LogP contribution in [0.5, 0.6) is 0 Å². The van der Waals surface area contributed by atoms with E-state index in [9.17, 15) is 9.59 Å². The Kier molecular flexibility index (Phi) is 5.84. The van der Waals surface area contributed by atoms with E-state index in [1.807, 2.05) is 30.5 Å². The van der Waals surface area contributed by atoms with E-state index in [-0.39, 0.29) is 11.5 Å². The first-order valence-corrected chi connectivity index (χ1v) is 9.32. The van der Waals surface area contributed by atoms with Gasteiger partial charge in [0.2, 0.25) is 0 Å². The van der Waals surface area contributed by atoms with Crippen LogP contribution in [-0.2, 0) is 6.54 Å². The van der Waals surface area contributed by atoms with Crippen LogP contribution in [-0.4, -0.2) is 38.4 Å². The van der Waals surface area contributed by atoms with Crippen molar-refractivity contribution in [1.29, 1.82) is 5.41 Å². The van der Waals surface area contributed by atoms with Crippen LogP contribution >= 0.6 is 0 Å². The van der Waals surface area contributed by atoms with Crippen LogP contribution in [0.1, 0.15) is 30.4 Å². The lowest BCUT2D eigenvalue weighted by molar-refractivity contribution is 0.579. The quantitative estimate of drug-likeness (QED) is 0.197. The molecule has 0 spiro atoms. The first-order valence-electron chi connectivity index (χ1n) is 9.32. The third kappa shape index (κ3) is 4.25. The maximum Gasteiger partial charge on any atom is 0.349 e. The predicted molar refractivity (Wildman–Crippen MR) is 109 cm³/mol. The van der Waals surface area contributed by atoms with Crippen molar-refractivity contribution >= 4 is 16.9 Å². The summed E-state index contributed by atoms with van der Waals surface area (Å²) in [5.74, 6) is 0.503. The van der Waals surface area contributed by atoms with Crippen LogP contribution in [0, 0.1) is 19.3 Å². The summed E-state index contributed by atoms with van der Waals surface area (Å²) in [6.45, 7) is 6.00. The molecule has 148 valence electrons. The maximum atomic E-state index is 12.2. The van der Waals surface area contributed by atoms with Gasteiger partial charge in [-0.25, -0.2) is 9.78 Å². The summed E-state index contributed by atoms with van der Waals surface area (Å²) in [5, 5.41) is 10.6. The monoisotopic (exact) mass is 383 g/mol. The average Bonchev–Trinajstić information content (AvgIpc) is 2.62. The minimum absolute atomic E-state index is 0.164. The zero-order valence-electron chi connectivity index (χ0n) is 16.1. The van der Waals surface area contributed by atoms with Gasteiger partial charge in [0.15, 0.2) is 11.5 Å². The van der Waals surface area contributed by atoms with Gasteiger partial charge in [0, 0.05) is 19.5 Å². The molecule has 2 heterocycles. The van der Waals surface area contributed by atoms with Gasteiger partial charge in [-0.3, -0.25) is 15.2 Å². The van der Waals surface area contributed by atoms with E-state index < -0.39 is 11.2 Å². The van der Waals surface area contributed by atoms with Gasteiger partial charge < -0.3 is 15.6 Å². The Morgan fingerprint density at radius 1 is 1.18 bits per heavy atom. The smallest absolute Gasteiger partial charge is 0.349 e. The van der Waals surface area contributed by atoms with Gasteiger partial charge in [0.25, 0.3) is 5.56 Å². The highest BCUT2D eigenvalue weighted by atomic mass is 16.2. The van der Waals surface area contributed by atoms with E-state index in [4.69, 9.17) is 11.1 Å². The minimum atomic E-state index is -0.673. The van der Waals surface area contributed by atoms with Gasteiger partial charge in [0.05, 0.1) is 16.9 Å². The van der Waals surface area contributed by atoms with Crippen molar-refractivity contribution in [3.63, 3.8) is 0 Å². The number of nitrogens with two attached hydrogens (primary N) is 1. The molecule has 5 N–H and O–H groups in total. The molecule has 28 heavy (non-hydrogen) atoms. The second-order valence-electron chi connectivity index (χ2n) is 6.96. The predicted octanol–water partition coefficient (Wildman–Crippen LogP) is 0.897. The van der Waals surface area contributed by atoms with Crippen LogP contribution in [0.25, 0.3) is 22.6 Å². The summed E-state index contributed by atoms with van der Waals surface area (Å²) >= 11 is 0. The first kappa shape index (κ1) is 19.7. The number of unbranched alkanes of at least 4 members (excludes halogenated alkanes) is 1. The number of H-pyrrole nitrogens is 1. The molecule has 3 rings (SSSR count). The average molecular weight is 383 g/mol. The van der Waals surface area contributed by atoms with Crippen LogP contribution < -0.4 is 22.3 Å². The number of aryl methyl sites for hydroxylation is 2. The fourth-order valence-corrected chi connectivity index (χ4v) is 3.16. The molecule has 0 atom stereocenters. The zero-order valence-corrected chi connectivity index (χ0v) is 16.1. The lowest BCUT2D eigenvalue weighted by Crippen LogP contribution is -2.30. The van der Waals surface area contributed by atoms with Crippen molar-refractivity contribution in [2.24, 2.45) is 5.73 Å². The van der Waals surface area contributed by atoms with E-state index in [1.165, 1.54) is 0 Å². The van der Waals surface area contributed by atoms with Gasteiger partial charge >= 0.3 is 5.69 Å². The fourth-order valence-electron chi connectivity index (χ4n) is 3.16. The molecular formula is C19H25N7O2. The Hall–Kier alpha value is -3.07. The molecule has 1 aromatic carbocycles. The van der Waals surface area contributed by atoms with Gasteiger partial charge in [-0.15, -0.1) is 0 Å². The van der Waals surface area contributed by atoms with Crippen molar-refractivity contribution in [2.45, 2.75) is 39.7 Å². The Bertz CT molecular complexity index is 1100. The molecule has 0 saturated carbocycles. The zero-order chi connectivity index (χ0) is 20.3. The minimum Gasteiger partial charge on any atom is -0.388 e. The third-order valence-corrected chi connectivity index (χ3v) is 4.79. The maximum absolute atomic E-state index is 12.2. The van der Waals surface area contributed by atoms with Crippen molar-refractivity contribution in [2.75, 3.05) is 13.1 Å². The highest BCUT2D eigenvalue weighted by Crippen LogP contribution is 2.23. The standard InChI is InChI=1S/C19H25N7O2/c1-11-9-13-14(10-12(11)2)26(8-7-22-6-4-3-5-15(20)21)17-16(23-13)18(27)25-19(28)24-17/h9-10,22H,3-8H2,1-2H3,(H3,20,21)(H,25,27,28).